The average Bonchev–Trinajstić information content (AvgIpc) is 2.59. The normalized spacial score (nSPS) is 18.9. The summed E-state index contributed by atoms with van der Waals surface area (Å²) in [7, 11) is -2.80. The number of esters is 1. The largest absolute Gasteiger partial charge is 0.468 e. The maximum absolute atomic E-state index is 13.0. The molecule has 1 heterocycles. The highest BCUT2D eigenvalue weighted by atomic mass is 35.5. The summed E-state index contributed by atoms with van der Waals surface area (Å²) in [5, 5.41) is 0.396. The molecule has 0 saturated carbocycles. The molecule has 0 radical (unpaired) electrons. The summed E-state index contributed by atoms with van der Waals surface area (Å²) < 4.78 is 37.1. The second kappa shape index (κ2) is 8.04. The number of sulfonamides is 1. The molecule has 0 aromatic heterocycles. The molecule has 0 bridgehead atoms. The fourth-order valence-corrected chi connectivity index (χ4v) is 4.30. The van der Waals surface area contributed by atoms with E-state index in [1.165, 1.54) is 36.3 Å². The van der Waals surface area contributed by atoms with Crippen LogP contribution in [0.1, 0.15) is 20.8 Å². The van der Waals surface area contributed by atoms with Gasteiger partial charge in [0, 0.05) is 18.1 Å². The first-order valence-corrected chi connectivity index (χ1v) is 10.1. The Morgan fingerprint density at radius 1 is 1.15 bits per heavy atom. The topological polar surface area (TPSA) is 93.2 Å². The fourth-order valence-electron chi connectivity index (χ4n) is 2.62. The lowest BCUT2D eigenvalue weighted by Gasteiger charge is -2.39. The molecule has 0 aliphatic carbocycles. The van der Waals surface area contributed by atoms with Crippen LogP contribution in [0.2, 0.25) is 5.02 Å². The third-order valence-corrected chi connectivity index (χ3v) is 6.05. The number of benzene rings is 1. The lowest BCUT2D eigenvalue weighted by atomic mass is 10.2. The SMILES string of the molecule is COC(=O)C1CN(C(=O)OC(C)(C)C)CCN1S(=O)(=O)c1ccc(Cl)cc1. The van der Waals surface area contributed by atoms with Crippen molar-refractivity contribution in [1.29, 1.82) is 0 Å². The Kier molecular flexibility index (Phi) is 6.39. The highest BCUT2D eigenvalue weighted by Gasteiger charge is 2.42. The van der Waals surface area contributed by atoms with E-state index in [4.69, 9.17) is 21.1 Å². The maximum Gasteiger partial charge on any atom is 0.410 e. The molecule has 1 amide bonds. The van der Waals surface area contributed by atoms with Crippen LogP contribution in [0.3, 0.4) is 0 Å². The number of carbonyl (C=O) groups excluding carboxylic acids is 2. The fraction of sp³-hybridized carbons (Fsp3) is 0.529. The zero-order valence-corrected chi connectivity index (χ0v) is 17.2. The zero-order chi connectivity index (χ0) is 20.4. The number of methoxy groups -OCH3 is 1. The van der Waals surface area contributed by atoms with Crippen LogP contribution in [0.5, 0.6) is 0 Å². The average molecular weight is 419 g/mol. The number of amides is 1. The molecule has 1 aliphatic rings. The van der Waals surface area contributed by atoms with Crippen molar-refractivity contribution in [2.45, 2.75) is 37.3 Å². The number of ether oxygens (including phenoxy) is 2. The monoisotopic (exact) mass is 418 g/mol. The Labute approximate surface area is 164 Å². The summed E-state index contributed by atoms with van der Waals surface area (Å²) in [5.41, 5.74) is -0.704. The number of carbonyl (C=O) groups is 2. The highest BCUT2D eigenvalue weighted by molar-refractivity contribution is 7.89. The van der Waals surface area contributed by atoms with Crippen molar-refractivity contribution in [2.24, 2.45) is 0 Å². The molecule has 1 aromatic carbocycles. The Morgan fingerprint density at radius 3 is 2.26 bits per heavy atom. The summed E-state index contributed by atoms with van der Waals surface area (Å²) >= 11 is 5.82. The first kappa shape index (κ1) is 21.5. The van der Waals surface area contributed by atoms with E-state index < -0.39 is 33.7 Å². The van der Waals surface area contributed by atoms with Gasteiger partial charge in [-0.05, 0) is 45.0 Å². The van der Waals surface area contributed by atoms with Gasteiger partial charge in [0.25, 0.3) is 0 Å². The Bertz CT molecular complexity index is 804. The van der Waals surface area contributed by atoms with E-state index >= 15 is 0 Å². The second-order valence-corrected chi connectivity index (χ2v) is 9.36. The summed E-state index contributed by atoms with van der Waals surface area (Å²) in [4.78, 5) is 25.8. The van der Waals surface area contributed by atoms with Gasteiger partial charge in [-0.2, -0.15) is 4.31 Å². The van der Waals surface area contributed by atoms with Gasteiger partial charge >= 0.3 is 12.1 Å². The van der Waals surface area contributed by atoms with Crippen molar-refractivity contribution < 1.29 is 27.5 Å². The van der Waals surface area contributed by atoms with Crippen LogP contribution in [-0.2, 0) is 24.3 Å². The van der Waals surface area contributed by atoms with Gasteiger partial charge in [0.05, 0.1) is 18.6 Å². The maximum atomic E-state index is 13.0. The predicted octanol–water partition coefficient (Wildman–Crippen LogP) is 2.12. The second-order valence-electron chi connectivity index (χ2n) is 7.03. The summed E-state index contributed by atoms with van der Waals surface area (Å²) in [5.74, 6) is -0.749. The number of hydrogen-bond acceptors (Lipinski definition) is 6. The first-order valence-electron chi connectivity index (χ1n) is 8.29. The number of nitrogens with zero attached hydrogens (tertiary/aromatic N) is 2. The van der Waals surface area contributed by atoms with Crippen molar-refractivity contribution in [3.05, 3.63) is 29.3 Å². The molecule has 27 heavy (non-hydrogen) atoms. The Morgan fingerprint density at radius 2 is 1.74 bits per heavy atom. The van der Waals surface area contributed by atoms with E-state index in [-0.39, 0.29) is 24.5 Å². The molecule has 10 heteroatoms. The molecular weight excluding hydrogens is 396 g/mol. The minimum Gasteiger partial charge on any atom is -0.468 e. The minimum atomic E-state index is -3.97. The standard InChI is InChI=1S/C17H23ClN2O6S/c1-17(2,3)26-16(22)19-9-10-20(14(11-19)15(21)25-4)27(23,24)13-7-5-12(18)6-8-13/h5-8,14H,9-11H2,1-4H3. The van der Waals surface area contributed by atoms with E-state index in [2.05, 4.69) is 0 Å². The molecule has 1 saturated heterocycles. The van der Waals surface area contributed by atoms with Gasteiger partial charge in [-0.15, -0.1) is 0 Å². The molecule has 8 nitrogen and oxygen atoms in total. The van der Waals surface area contributed by atoms with Crippen LogP contribution < -0.4 is 0 Å². The van der Waals surface area contributed by atoms with E-state index in [1.807, 2.05) is 0 Å². The third-order valence-electron chi connectivity index (χ3n) is 3.88. The van der Waals surface area contributed by atoms with Gasteiger partial charge in [-0.1, -0.05) is 11.6 Å². The number of halogens is 1. The van der Waals surface area contributed by atoms with Crippen LogP contribution in [0.15, 0.2) is 29.2 Å². The van der Waals surface area contributed by atoms with E-state index in [0.717, 1.165) is 4.31 Å². The van der Waals surface area contributed by atoms with Gasteiger partial charge < -0.3 is 14.4 Å². The first-order chi connectivity index (χ1) is 12.5. The summed E-state index contributed by atoms with van der Waals surface area (Å²) in [6.07, 6.45) is -0.611. The van der Waals surface area contributed by atoms with Gasteiger partial charge in [0.1, 0.15) is 11.6 Å². The van der Waals surface area contributed by atoms with Crippen molar-refractivity contribution >= 4 is 33.7 Å². The smallest absolute Gasteiger partial charge is 0.410 e. The molecule has 1 aliphatic heterocycles. The molecule has 2 rings (SSSR count). The van der Waals surface area contributed by atoms with Gasteiger partial charge in [0.15, 0.2) is 0 Å². The minimum absolute atomic E-state index is 0.00604. The zero-order valence-electron chi connectivity index (χ0n) is 15.6. The van der Waals surface area contributed by atoms with Crippen molar-refractivity contribution in [1.82, 2.24) is 9.21 Å². The molecular formula is C17H23ClN2O6S. The van der Waals surface area contributed by atoms with Crippen LogP contribution >= 0.6 is 11.6 Å². The van der Waals surface area contributed by atoms with Gasteiger partial charge in [-0.25, -0.2) is 13.2 Å². The predicted molar refractivity (Wildman–Crippen MR) is 99.0 cm³/mol. The molecule has 0 spiro atoms. The Hall–Kier alpha value is -1.84. The van der Waals surface area contributed by atoms with Crippen LogP contribution in [0.4, 0.5) is 4.79 Å². The summed E-state index contributed by atoms with van der Waals surface area (Å²) in [6.45, 7) is 5.05. The molecule has 1 atom stereocenters. The number of piperazine rings is 1. The number of hydrogen-bond donors (Lipinski definition) is 0. The lowest BCUT2D eigenvalue weighted by molar-refractivity contribution is -0.146. The molecule has 0 N–H and O–H groups in total. The lowest BCUT2D eigenvalue weighted by Crippen LogP contribution is -2.59. The van der Waals surface area contributed by atoms with Crippen LogP contribution in [0, 0.1) is 0 Å². The van der Waals surface area contributed by atoms with Gasteiger partial charge in [-0.3, -0.25) is 4.79 Å². The van der Waals surface area contributed by atoms with Crippen molar-refractivity contribution in [3.8, 4) is 0 Å². The van der Waals surface area contributed by atoms with Crippen LogP contribution in [-0.4, -0.2) is 68.1 Å². The molecule has 1 aromatic rings. The summed E-state index contributed by atoms with van der Waals surface area (Å²) in [6, 6.07) is 4.48. The highest BCUT2D eigenvalue weighted by Crippen LogP contribution is 2.24. The number of rotatable bonds is 3. The van der Waals surface area contributed by atoms with Crippen molar-refractivity contribution in [3.63, 3.8) is 0 Å². The Balaban J connectivity index is 2.28. The van der Waals surface area contributed by atoms with E-state index in [1.54, 1.807) is 20.8 Å². The van der Waals surface area contributed by atoms with Crippen molar-refractivity contribution in [2.75, 3.05) is 26.7 Å². The quantitative estimate of drug-likeness (QED) is 0.698. The van der Waals surface area contributed by atoms with Gasteiger partial charge in [0.2, 0.25) is 10.0 Å². The molecule has 150 valence electrons. The molecule has 1 unspecified atom stereocenters. The molecule has 1 fully saturated rings. The third kappa shape index (κ3) is 5.12. The van der Waals surface area contributed by atoms with E-state index in [9.17, 15) is 18.0 Å². The van der Waals surface area contributed by atoms with E-state index in [0.29, 0.717) is 5.02 Å². The van der Waals surface area contributed by atoms with Crippen LogP contribution in [0.25, 0.3) is 0 Å².